The summed E-state index contributed by atoms with van der Waals surface area (Å²) in [6.07, 6.45) is 0.968. The van der Waals surface area contributed by atoms with Gasteiger partial charge >= 0.3 is 0 Å². The molecule has 2 amide bonds. The summed E-state index contributed by atoms with van der Waals surface area (Å²) in [5, 5.41) is 3.47. The normalized spacial score (nSPS) is 12.4. The molecule has 0 saturated heterocycles. The second-order valence-corrected chi connectivity index (χ2v) is 11.0. The van der Waals surface area contributed by atoms with Gasteiger partial charge in [0.1, 0.15) is 12.6 Å². The highest BCUT2D eigenvalue weighted by atomic mass is 35.5. The van der Waals surface area contributed by atoms with Crippen molar-refractivity contribution < 1.29 is 18.0 Å². The quantitative estimate of drug-likeness (QED) is 0.518. The summed E-state index contributed by atoms with van der Waals surface area (Å²) in [7, 11) is -3.90. The number of anilines is 1. The minimum atomic E-state index is -3.90. The molecule has 7 nitrogen and oxygen atoms in total. The van der Waals surface area contributed by atoms with Crippen LogP contribution in [0.25, 0.3) is 0 Å². The first-order valence-electron chi connectivity index (χ1n) is 10.1. The highest BCUT2D eigenvalue weighted by Gasteiger charge is 2.31. The molecule has 0 aliphatic carbocycles. The highest BCUT2D eigenvalue weighted by Crippen LogP contribution is 2.33. The van der Waals surface area contributed by atoms with Crippen LogP contribution in [0, 0.1) is 0 Å². The van der Waals surface area contributed by atoms with Crippen molar-refractivity contribution >= 4 is 62.3 Å². The predicted octanol–water partition coefficient (Wildman–Crippen LogP) is 4.35. The topological polar surface area (TPSA) is 86.8 Å². The summed E-state index contributed by atoms with van der Waals surface area (Å²) < 4.78 is 26.0. The SMILES string of the molecule is CC(C)NC(=O)[C@@H](C)N(Cc1ccc(Cl)cc1)C(=O)CN(c1cccc(Cl)c1Cl)S(C)(=O)=O. The Bertz CT molecular complexity index is 1110. The lowest BCUT2D eigenvalue weighted by molar-refractivity contribution is -0.139. The number of rotatable bonds is 9. The Morgan fingerprint density at radius 1 is 1.00 bits per heavy atom. The van der Waals surface area contributed by atoms with Crippen molar-refractivity contribution in [1.82, 2.24) is 10.2 Å². The number of nitrogens with one attached hydrogen (secondary N) is 1. The van der Waals surface area contributed by atoms with Crippen LogP contribution in [0.2, 0.25) is 15.1 Å². The first-order chi connectivity index (χ1) is 15.3. The van der Waals surface area contributed by atoms with Gasteiger partial charge in [0.25, 0.3) is 0 Å². The molecule has 1 atom stereocenters. The van der Waals surface area contributed by atoms with Crippen molar-refractivity contribution in [3.8, 4) is 0 Å². The molecule has 0 radical (unpaired) electrons. The van der Waals surface area contributed by atoms with E-state index in [-0.39, 0.29) is 34.2 Å². The zero-order valence-corrected chi connectivity index (χ0v) is 21.8. The Morgan fingerprint density at radius 2 is 1.61 bits per heavy atom. The molecule has 1 N–H and O–H groups in total. The maximum atomic E-state index is 13.4. The molecule has 0 saturated carbocycles. The van der Waals surface area contributed by atoms with Crippen molar-refractivity contribution in [1.29, 1.82) is 0 Å². The number of benzene rings is 2. The van der Waals surface area contributed by atoms with E-state index in [1.165, 1.54) is 23.1 Å². The van der Waals surface area contributed by atoms with E-state index in [0.717, 1.165) is 16.1 Å². The van der Waals surface area contributed by atoms with Gasteiger partial charge in [-0.3, -0.25) is 13.9 Å². The predicted molar refractivity (Wildman–Crippen MR) is 133 cm³/mol. The van der Waals surface area contributed by atoms with Crippen LogP contribution in [0.5, 0.6) is 0 Å². The second-order valence-electron chi connectivity index (χ2n) is 7.83. The first-order valence-corrected chi connectivity index (χ1v) is 13.1. The number of hydrogen-bond donors (Lipinski definition) is 1. The van der Waals surface area contributed by atoms with Crippen molar-refractivity contribution in [2.45, 2.75) is 39.4 Å². The van der Waals surface area contributed by atoms with Gasteiger partial charge in [-0.15, -0.1) is 0 Å². The molecule has 0 aliphatic rings. The van der Waals surface area contributed by atoms with E-state index in [0.29, 0.717) is 5.02 Å². The van der Waals surface area contributed by atoms with Crippen molar-refractivity contribution in [2.24, 2.45) is 0 Å². The molecule has 0 aliphatic heterocycles. The van der Waals surface area contributed by atoms with Gasteiger partial charge in [0.15, 0.2) is 0 Å². The Kier molecular flexibility index (Phi) is 9.43. The molecule has 0 aromatic heterocycles. The van der Waals surface area contributed by atoms with Crippen LogP contribution in [0.15, 0.2) is 42.5 Å². The zero-order chi connectivity index (χ0) is 24.9. The lowest BCUT2D eigenvalue weighted by atomic mass is 10.1. The molecular weight excluding hydrogens is 509 g/mol. The van der Waals surface area contributed by atoms with Crippen LogP contribution in [0.3, 0.4) is 0 Å². The van der Waals surface area contributed by atoms with Gasteiger partial charge < -0.3 is 10.2 Å². The molecule has 0 fully saturated rings. The second kappa shape index (κ2) is 11.4. The summed E-state index contributed by atoms with van der Waals surface area (Å²) in [5.41, 5.74) is 0.800. The molecular formula is C22H26Cl3N3O4S. The van der Waals surface area contributed by atoms with Gasteiger partial charge in [-0.2, -0.15) is 0 Å². The fourth-order valence-corrected chi connectivity index (χ4v) is 4.48. The number of carbonyl (C=O) groups excluding carboxylic acids is 2. The summed E-state index contributed by atoms with van der Waals surface area (Å²) in [6, 6.07) is 10.3. The molecule has 180 valence electrons. The van der Waals surface area contributed by atoms with Gasteiger partial charge in [-0.05, 0) is 50.6 Å². The third kappa shape index (κ3) is 7.50. The molecule has 0 unspecified atom stereocenters. The molecule has 0 heterocycles. The minimum absolute atomic E-state index is 0.00671. The molecule has 2 rings (SSSR count). The fraction of sp³-hybridized carbons (Fsp3) is 0.364. The molecule has 11 heteroatoms. The first kappa shape index (κ1) is 27.2. The molecule has 33 heavy (non-hydrogen) atoms. The zero-order valence-electron chi connectivity index (χ0n) is 18.7. The van der Waals surface area contributed by atoms with E-state index in [9.17, 15) is 18.0 Å². The smallest absolute Gasteiger partial charge is 0.244 e. The van der Waals surface area contributed by atoms with Crippen LogP contribution in [0.1, 0.15) is 26.3 Å². The van der Waals surface area contributed by atoms with Gasteiger partial charge in [0, 0.05) is 17.6 Å². The van der Waals surface area contributed by atoms with Gasteiger partial charge in [-0.1, -0.05) is 53.0 Å². The number of hydrogen-bond acceptors (Lipinski definition) is 4. The Hall–Kier alpha value is -2.00. The maximum Gasteiger partial charge on any atom is 0.244 e. The Labute approximate surface area is 209 Å². The van der Waals surface area contributed by atoms with Crippen molar-refractivity contribution in [3.63, 3.8) is 0 Å². The molecule has 0 bridgehead atoms. The number of carbonyl (C=O) groups is 2. The fourth-order valence-electron chi connectivity index (χ4n) is 3.05. The average Bonchev–Trinajstić information content (AvgIpc) is 2.72. The summed E-state index contributed by atoms with van der Waals surface area (Å²) >= 11 is 18.2. The third-order valence-corrected chi connectivity index (χ3v) is 6.93. The van der Waals surface area contributed by atoms with Gasteiger partial charge in [0.05, 0.1) is 22.0 Å². The van der Waals surface area contributed by atoms with Gasteiger partial charge in [-0.25, -0.2) is 8.42 Å². The molecule has 0 spiro atoms. The van der Waals surface area contributed by atoms with Gasteiger partial charge in [0.2, 0.25) is 21.8 Å². The van der Waals surface area contributed by atoms with Crippen LogP contribution in [-0.2, 0) is 26.2 Å². The average molecular weight is 535 g/mol. The summed E-state index contributed by atoms with van der Waals surface area (Å²) in [5.74, 6) is -0.947. The van der Waals surface area contributed by atoms with E-state index in [4.69, 9.17) is 34.8 Å². The standard InChI is InChI=1S/C22H26Cl3N3O4S/c1-14(2)26-22(30)15(3)27(12-16-8-10-17(23)11-9-16)20(29)13-28(33(4,31)32)19-7-5-6-18(24)21(19)25/h5-11,14-15H,12-13H2,1-4H3,(H,26,30)/t15-/m1/s1. The highest BCUT2D eigenvalue weighted by molar-refractivity contribution is 7.92. The number of amides is 2. The van der Waals surface area contributed by atoms with Crippen LogP contribution >= 0.6 is 34.8 Å². The molecule has 2 aromatic rings. The van der Waals surface area contributed by atoms with E-state index >= 15 is 0 Å². The van der Waals surface area contributed by atoms with Crippen molar-refractivity contribution in [2.75, 3.05) is 17.1 Å². The van der Waals surface area contributed by atoms with E-state index in [2.05, 4.69) is 5.32 Å². The number of nitrogens with zero attached hydrogens (tertiary/aromatic N) is 2. The van der Waals surface area contributed by atoms with Crippen LogP contribution in [0.4, 0.5) is 5.69 Å². The van der Waals surface area contributed by atoms with E-state index in [1.807, 2.05) is 13.8 Å². The number of sulfonamides is 1. The molecule has 2 aromatic carbocycles. The lowest BCUT2D eigenvalue weighted by Crippen LogP contribution is -2.52. The number of halogens is 3. The summed E-state index contributed by atoms with van der Waals surface area (Å²) in [6.45, 7) is 4.71. The van der Waals surface area contributed by atoms with Crippen molar-refractivity contribution in [3.05, 3.63) is 63.1 Å². The lowest BCUT2D eigenvalue weighted by Gasteiger charge is -2.32. The maximum absolute atomic E-state index is 13.4. The van der Waals surface area contributed by atoms with E-state index in [1.54, 1.807) is 31.2 Å². The third-order valence-electron chi connectivity index (χ3n) is 4.74. The largest absolute Gasteiger partial charge is 0.352 e. The monoisotopic (exact) mass is 533 g/mol. The van der Waals surface area contributed by atoms with E-state index < -0.39 is 28.5 Å². The summed E-state index contributed by atoms with van der Waals surface area (Å²) in [4.78, 5) is 27.4. The Morgan fingerprint density at radius 3 is 2.15 bits per heavy atom. The minimum Gasteiger partial charge on any atom is -0.352 e. The van der Waals surface area contributed by atoms with Crippen LogP contribution in [-0.4, -0.2) is 50.0 Å². The van der Waals surface area contributed by atoms with Crippen LogP contribution < -0.4 is 9.62 Å². The Balaban J connectivity index is 2.43.